The predicted octanol–water partition coefficient (Wildman–Crippen LogP) is 5.07. The quantitative estimate of drug-likeness (QED) is 0.386. The number of nitrogens with two attached hydrogens (primary N) is 1. The Hall–Kier alpha value is -4.52. The van der Waals surface area contributed by atoms with Gasteiger partial charge in [-0.15, -0.1) is 0 Å². The Bertz CT molecular complexity index is 1540. The van der Waals surface area contributed by atoms with Crippen molar-refractivity contribution in [2.45, 2.75) is 26.3 Å². The summed E-state index contributed by atoms with van der Waals surface area (Å²) < 4.78 is 19.0. The zero-order valence-corrected chi connectivity index (χ0v) is 20.1. The van der Waals surface area contributed by atoms with Gasteiger partial charge in [-0.1, -0.05) is 42.5 Å². The van der Waals surface area contributed by atoms with Crippen LogP contribution < -0.4 is 20.8 Å². The summed E-state index contributed by atoms with van der Waals surface area (Å²) >= 11 is 0. The number of rotatable bonds is 6. The molecule has 1 unspecified atom stereocenters. The maximum absolute atomic E-state index is 13.9. The first-order chi connectivity index (χ1) is 17.5. The molecule has 2 heterocycles. The molecule has 1 aromatic heterocycles. The number of esters is 1. The van der Waals surface area contributed by atoms with Crippen molar-refractivity contribution < 1.29 is 19.0 Å². The minimum atomic E-state index is -0.804. The van der Waals surface area contributed by atoms with E-state index in [0.717, 1.165) is 10.9 Å². The zero-order valence-electron chi connectivity index (χ0n) is 20.1. The van der Waals surface area contributed by atoms with Crippen LogP contribution in [0.25, 0.3) is 10.9 Å². The fraction of sp³-hybridized carbons (Fsp3) is 0.172. The molecule has 4 aromatic rings. The monoisotopic (exact) mass is 482 g/mol. The number of para-hydroxylation sites is 2. The molecule has 0 spiro atoms. The van der Waals surface area contributed by atoms with Gasteiger partial charge in [0.1, 0.15) is 22.8 Å². The van der Waals surface area contributed by atoms with E-state index in [4.69, 9.17) is 19.9 Å². The number of hydrogen-bond donors (Lipinski definition) is 1. The predicted molar refractivity (Wildman–Crippen MR) is 137 cm³/mol. The maximum atomic E-state index is 13.9. The smallest absolute Gasteiger partial charge is 0.340 e. The maximum Gasteiger partial charge on any atom is 0.340 e. The molecule has 1 atom stereocenters. The second-order valence-corrected chi connectivity index (χ2v) is 8.33. The highest BCUT2D eigenvalue weighted by Crippen LogP contribution is 2.44. The Morgan fingerprint density at radius 3 is 2.44 bits per heavy atom. The first-order valence-electron chi connectivity index (χ1n) is 11.9. The molecule has 1 aliphatic rings. The van der Waals surface area contributed by atoms with Gasteiger partial charge in [-0.25, -0.2) is 4.79 Å². The summed E-state index contributed by atoms with van der Waals surface area (Å²) in [6.45, 7) is 4.23. The number of carbonyl (C=O) groups excluding carboxylic acids is 1. The van der Waals surface area contributed by atoms with Crippen LogP contribution in [-0.4, -0.2) is 17.1 Å². The van der Waals surface area contributed by atoms with Gasteiger partial charge in [-0.05, 0) is 55.8 Å². The lowest BCUT2D eigenvalue weighted by atomic mass is 9.82. The van der Waals surface area contributed by atoms with Gasteiger partial charge in [-0.2, -0.15) is 0 Å². The molecule has 36 heavy (non-hydrogen) atoms. The fourth-order valence-electron chi connectivity index (χ4n) is 4.67. The summed E-state index contributed by atoms with van der Waals surface area (Å²) in [7, 11) is 0. The molecule has 0 amide bonds. The van der Waals surface area contributed by atoms with E-state index < -0.39 is 11.9 Å². The van der Waals surface area contributed by atoms with Crippen LogP contribution in [-0.2, 0) is 16.1 Å². The number of hydrogen-bond acceptors (Lipinski definition) is 6. The Kier molecular flexibility index (Phi) is 6.21. The van der Waals surface area contributed by atoms with Crippen molar-refractivity contribution in [3.8, 4) is 17.2 Å². The Morgan fingerprint density at radius 2 is 1.69 bits per heavy atom. The van der Waals surface area contributed by atoms with Gasteiger partial charge in [-0.3, -0.25) is 4.79 Å². The lowest BCUT2D eigenvalue weighted by molar-refractivity contribution is -0.139. The van der Waals surface area contributed by atoms with Crippen LogP contribution in [0.15, 0.2) is 95.1 Å². The second-order valence-electron chi connectivity index (χ2n) is 8.33. The lowest BCUT2D eigenvalue weighted by Gasteiger charge is -2.29. The normalized spacial score (nSPS) is 14.8. The average Bonchev–Trinajstić information content (AvgIpc) is 2.89. The van der Waals surface area contributed by atoms with Crippen molar-refractivity contribution >= 4 is 16.9 Å². The first-order valence-corrected chi connectivity index (χ1v) is 11.9. The Balaban J connectivity index is 1.75. The molecule has 0 saturated carbocycles. The van der Waals surface area contributed by atoms with Crippen LogP contribution in [0.4, 0.5) is 0 Å². The summed E-state index contributed by atoms with van der Waals surface area (Å²) in [5, 5.41) is 0.737. The van der Waals surface area contributed by atoms with Crippen molar-refractivity contribution in [3.05, 3.63) is 112 Å². The number of benzene rings is 3. The summed E-state index contributed by atoms with van der Waals surface area (Å²) in [4.78, 5) is 27.0. The van der Waals surface area contributed by atoms with Crippen LogP contribution in [0.3, 0.4) is 0 Å². The van der Waals surface area contributed by atoms with E-state index >= 15 is 0 Å². The van der Waals surface area contributed by atoms with Gasteiger partial charge in [0.2, 0.25) is 5.88 Å². The number of aryl methyl sites for hydroxylation is 1. The first kappa shape index (κ1) is 23.2. The summed E-state index contributed by atoms with van der Waals surface area (Å²) in [6, 6.07) is 24.2. The topological polar surface area (TPSA) is 92.8 Å². The van der Waals surface area contributed by atoms with Gasteiger partial charge >= 0.3 is 5.97 Å². The zero-order chi connectivity index (χ0) is 25.2. The lowest BCUT2D eigenvalue weighted by Crippen LogP contribution is -2.34. The number of nitrogens with zero attached hydrogens (tertiary/aromatic N) is 1. The van der Waals surface area contributed by atoms with Gasteiger partial charge in [0, 0.05) is 11.9 Å². The van der Waals surface area contributed by atoms with Crippen molar-refractivity contribution in [1.29, 1.82) is 0 Å². The van der Waals surface area contributed by atoms with Crippen LogP contribution >= 0.6 is 0 Å². The fourth-order valence-corrected chi connectivity index (χ4v) is 4.67. The molecular weight excluding hydrogens is 456 g/mol. The molecule has 0 fully saturated rings. The molecule has 0 aliphatic carbocycles. The number of pyridine rings is 1. The van der Waals surface area contributed by atoms with Crippen molar-refractivity contribution in [1.82, 2.24) is 4.57 Å². The molecule has 7 nitrogen and oxygen atoms in total. The molecule has 1 aliphatic heterocycles. The van der Waals surface area contributed by atoms with E-state index in [1.165, 1.54) is 0 Å². The third-order valence-electron chi connectivity index (χ3n) is 6.20. The van der Waals surface area contributed by atoms with Crippen molar-refractivity contribution in [2.24, 2.45) is 5.73 Å². The van der Waals surface area contributed by atoms with E-state index in [9.17, 15) is 9.59 Å². The van der Waals surface area contributed by atoms with Gasteiger partial charge in [0.05, 0.1) is 23.6 Å². The second kappa shape index (κ2) is 9.62. The highest BCUT2D eigenvalue weighted by molar-refractivity contribution is 5.95. The van der Waals surface area contributed by atoms with Crippen LogP contribution in [0.1, 0.15) is 30.9 Å². The average molecular weight is 483 g/mol. The van der Waals surface area contributed by atoms with Gasteiger partial charge in [0.25, 0.3) is 5.56 Å². The minimum absolute atomic E-state index is 0.0841. The van der Waals surface area contributed by atoms with E-state index in [1.54, 1.807) is 11.5 Å². The Morgan fingerprint density at radius 1 is 0.972 bits per heavy atom. The van der Waals surface area contributed by atoms with Crippen molar-refractivity contribution in [3.63, 3.8) is 0 Å². The number of aromatic nitrogens is 1. The standard InChI is InChI=1S/C29H26N2O5/c1-3-31-22-16-9-8-15-21(22)26-24(28(31)32)23(25(27(30)36-26)29(33)34-4-2)18-11-10-14-20(17-18)35-19-12-6-5-7-13-19/h5-17,23H,3-4,30H2,1-2H3. The SMILES string of the molecule is CCOC(=O)C1=C(N)Oc2c(c(=O)n(CC)c3ccccc23)C1c1cccc(Oc2ccccc2)c1. The van der Waals surface area contributed by atoms with E-state index in [0.29, 0.717) is 34.9 Å². The molecular formula is C29H26N2O5. The summed E-state index contributed by atoms with van der Waals surface area (Å²) in [5.41, 5.74) is 7.92. The van der Waals surface area contributed by atoms with Crippen LogP contribution in [0, 0.1) is 0 Å². The minimum Gasteiger partial charge on any atom is -0.462 e. The summed E-state index contributed by atoms with van der Waals surface area (Å²) in [6.07, 6.45) is 0. The number of carbonyl (C=O) groups is 1. The van der Waals surface area contributed by atoms with Crippen LogP contribution in [0.2, 0.25) is 0 Å². The van der Waals surface area contributed by atoms with Gasteiger partial charge in [0.15, 0.2) is 0 Å². The largest absolute Gasteiger partial charge is 0.462 e. The van der Waals surface area contributed by atoms with Crippen molar-refractivity contribution in [2.75, 3.05) is 6.61 Å². The van der Waals surface area contributed by atoms with E-state index in [-0.39, 0.29) is 23.6 Å². The molecule has 0 bridgehead atoms. The molecule has 3 aromatic carbocycles. The molecule has 5 rings (SSSR count). The van der Waals surface area contributed by atoms with Crippen LogP contribution in [0.5, 0.6) is 17.2 Å². The van der Waals surface area contributed by atoms with E-state index in [2.05, 4.69) is 0 Å². The highest BCUT2D eigenvalue weighted by Gasteiger charge is 2.39. The molecule has 2 N–H and O–H groups in total. The molecule has 0 saturated heterocycles. The van der Waals surface area contributed by atoms with E-state index in [1.807, 2.05) is 85.8 Å². The Labute approximate surface area is 208 Å². The van der Waals surface area contributed by atoms with Gasteiger partial charge < -0.3 is 24.5 Å². The number of fused-ring (bicyclic) bond motifs is 3. The molecule has 182 valence electrons. The molecule has 7 heteroatoms. The third kappa shape index (κ3) is 3.98. The number of ether oxygens (including phenoxy) is 3. The summed E-state index contributed by atoms with van der Waals surface area (Å²) in [5.74, 6) is 0.0641. The molecule has 0 radical (unpaired) electrons. The third-order valence-corrected chi connectivity index (χ3v) is 6.20. The highest BCUT2D eigenvalue weighted by atomic mass is 16.5.